The van der Waals surface area contributed by atoms with Crippen molar-refractivity contribution in [3.63, 3.8) is 0 Å². The number of imide groups is 1. The lowest BCUT2D eigenvalue weighted by Gasteiger charge is -2.11. The highest BCUT2D eigenvalue weighted by molar-refractivity contribution is 7.15. The average Bonchev–Trinajstić information content (AvgIpc) is 3.50. The summed E-state index contributed by atoms with van der Waals surface area (Å²) in [5.74, 6) is -1.19. The Morgan fingerprint density at radius 3 is 2.74 bits per heavy atom. The van der Waals surface area contributed by atoms with Crippen molar-refractivity contribution in [1.29, 1.82) is 0 Å². The summed E-state index contributed by atoms with van der Waals surface area (Å²) in [5, 5.41) is 1.73. The molecule has 1 aromatic carbocycles. The maximum atomic E-state index is 12.7. The van der Waals surface area contributed by atoms with Crippen molar-refractivity contribution in [1.82, 2.24) is 14.3 Å². The Balaban J connectivity index is 1.33. The van der Waals surface area contributed by atoms with E-state index in [1.807, 2.05) is 0 Å². The van der Waals surface area contributed by atoms with Crippen LogP contribution in [0, 0.1) is 0 Å². The van der Waals surface area contributed by atoms with E-state index in [9.17, 15) is 19.2 Å². The van der Waals surface area contributed by atoms with E-state index in [2.05, 4.69) is 4.98 Å². The molecule has 31 heavy (non-hydrogen) atoms. The number of carbonyl (C=O) groups excluding carboxylic acids is 3. The summed E-state index contributed by atoms with van der Waals surface area (Å²) >= 11 is 1.29. The molecule has 9 nitrogen and oxygen atoms in total. The van der Waals surface area contributed by atoms with Gasteiger partial charge in [0.25, 0.3) is 17.4 Å². The standard InChI is InChI=1S/C21H13N3O6S/c25-17-9-13(22-21-23(17)5-7-31-21)11-30-20(28)12-3-4-15-16(8-12)19(27)24(18(15)26)10-14-2-1-6-29-14/h1-9H,10-11H2. The Hall–Kier alpha value is -4.05. The van der Waals surface area contributed by atoms with Crippen molar-refractivity contribution in [3.8, 4) is 0 Å². The fourth-order valence-corrected chi connectivity index (χ4v) is 4.04. The molecule has 0 aliphatic carbocycles. The number of rotatable bonds is 5. The summed E-state index contributed by atoms with van der Waals surface area (Å²) in [7, 11) is 0. The van der Waals surface area contributed by atoms with Crippen LogP contribution in [0.3, 0.4) is 0 Å². The molecule has 0 N–H and O–H groups in total. The van der Waals surface area contributed by atoms with Crippen LogP contribution in [0.1, 0.15) is 42.5 Å². The van der Waals surface area contributed by atoms with Crippen molar-refractivity contribution in [2.45, 2.75) is 13.2 Å². The molecule has 0 bridgehead atoms. The van der Waals surface area contributed by atoms with Crippen LogP contribution in [0.4, 0.5) is 0 Å². The first-order valence-electron chi connectivity index (χ1n) is 9.17. The number of amides is 2. The molecule has 1 aliphatic rings. The van der Waals surface area contributed by atoms with Crippen LogP contribution in [0.15, 0.2) is 63.4 Å². The van der Waals surface area contributed by atoms with E-state index in [-0.39, 0.29) is 35.4 Å². The van der Waals surface area contributed by atoms with E-state index >= 15 is 0 Å². The monoisotopic (exact) mass is 435 g/mol. The van der Waals surface area contributed by atoms with Crippen molar-refractivity contribution in [2.75, 3.05) is 0 Å². The van der Waals surface area contributed by atoms with Crippen LogP contribution in [0.25, 0.3) is 4.96 Å². The minimum Gasteiger partial charge on any atom is -0.467 e. The largest absolute Gasteiger partial charge is 0.467 e. The summed E-state index contributed by atoms with van der Waals surface area (Å²) in [4.78, 5) is 55.6. The number of esters is 1. The number of nitrogens with zero attached hydrogens (tertiary/aromatic N) is 3. The number of fused-ring (bicyclic) bond motifs is 2. The zero-order valence-corrected chi connectivity index (χ0v) is 16.6. The lowest BCUT2D eigenvalue weighted by Crippen LogP contribution is -2.28. The third-order valence-electron chi connectivity index (χ3n) is 4.81. The first kappa shape index (κ1) is 18.9. The fraction of sp³-hybridized carbons (Fsp3) is 0.0952. The molecule has 4 aromatic rings. The molecule has 0 unspecified atom stereocenters. The molecule has 0 radical (unpaired) electrons. The predicted molar refractivity (Wildman–Crippen MR) is 108 cm³/mol. The third-order valence-corrected chi connectivity index (χ3v) is 5.56. The van der Waals surface area contributed by atoms with E-state index < -0.39 is 17.8 Å². The molecule has 154 valence electrons. The Kier molecular flexibility index (Phi) is 4.48. The van der Waals surface area contributed by atoms with Crippen molar-refractivity contribution >= 4 is 34.1 Å². The zero-order valence-electron chi connectivity index (χ0n) is 15.8. The highest BCUT2D eigenvalue weighted by Crippen LogP contribution is 2.26. The zero-order chi connectivity index (χ0) is 21.5. The molecular weight excluding hydrogens is 422 g/mol. The number of thiazole rings is 1. The molecule has 0 spiro atoms. The molecule has 5 rings (SSSR count). The normalized spacial score (nSPS) is 13.1. The maximum Gasteiger partial charge on any atom is 0.338 e. The Bertz CT molecular complexity index is 1400. The topological polar surface area (TPSA) is 111 Å². The van der Waals surface area contributed by atoms with Gasteiger partial charge in [0.05, 0.1) is 35.2 Å². The van der Waals surface area contributed by atoms with Gasteiger partial charge in [0.2, 0.25) is 0 Å². The minimum absolute atomic E-state index is 0.00549. The summed E-state index contributed by atoms with van der Waals surface area (Å²) in [6, 6.07) is 8.82. The highest BCUT2D eigenvalue weighted by Gasteiger charge is 2.36. The molecule has 2 amide bonds. The second-order valence-corrected chi connectivity index (χ2v) is 7.63. The van der Waals surface area contributed by atoms with Crippen LogP contribution in [0.2, 0.25) is 0 Å². The van der Waals surface area contributed by atoms with E-state index in [1.54, 1.807) is 23.7 Å². The number of benzene rings is 1. The summed E-state index contributed by atoms with van der Waals surface area (Å²) in [5.41, 5.74) is 0.510. The van der Waals surface area contributed by atoms with Crippen LogP contribution < -0.4 is 5.56 Å². The van der Waals surface area contributed by atoms with Crippen LogP contribution in [-0.4, -0.2) is 32.1 Å². The van der Waals surface area contributed by atoms with Gasteiger partial charge in [-0.15, -0.1) is 11.3 Å². The second-order valence-electron chi connectivity index (χ2n) is 6.75. The molecular formula is C21H13N3O6S. The minimum atomic E-state index is -0.694. The summed E-state index contributed by atoms with van der Waals surface area (Å²) in [6.07, 6.45) is 3.07. The Morgan fingerprint density at radius 1 is 1.10 bits per heavy atom. The number of carbonyl (C=O) groups is 3. The van der Waals surface area contributed by atoms with E-state index in [0.717, 1.165) is 4.90 Å². The summed E-state index contributed by atoms with van der Waals surface area (Å²) < 4.78 is 11.9. The molecule has 3 aromatic heterocycles. The van der Waals surface area contributed by atoms with Crippen LogP contribution in [0.5, 0.6) is 0 Å². The maximum absolute atomic E-state index is 12.7. The van der Waals surface area contributed by atoms with Crippen LogP contribution >= 0.6 is 11.3 Å². The van der Waals surface area contributed by atoms with E-state index in [1.165, 1.54) is 46.3 Å². The Labute approximate surface area is 178 Å². The molecule has 0 saturated carbocycles. The molecule has 4 heterocycles. The lowest BCUT2D eigenvalue weighted by molar-refractivity contribution is 0.0467. The highest BCUT2D eigenvalue weighted by atomic mass is 32.1. The first-order chi connectivity index (χ1) is 15.0. The third kappa shape index (κ3) is 3.32. The average molecular weight is 435 g/mol. The Morgan fingerprint density at radius 2 is 1.94 bits per heavy atom. The van der Waals surface area contributed by atoms with E-state index in [4.69, 9.17) is 9.15 Å². The first-order valence-corrected chi connectivity index (χ1v) is 10.0. The van der Waals surface area contributed by atoms with Gasteiger partial charge in [0, 0.05) is 17.6 Å². The van der Waals surface area contributed by atoms with Gasteiger partial charge in [0.15, 0.2) is 4.96 Å². The van der Waals surface area contributed by atoms with Crippen molar-refractivity contribution in [3.05, 3.63) is 92.7 Å². The van der Waals surface area contributed by atoms with Gasteiger partial charge in [-0.1, -0.05) is 0 Å². The van der Waals surface area contributed by atoms with Crippen molar-refractivity contribution in [2.24, 2.45) is 0 Å². The molecule has 0 saturated heterocycles. The molecule has 10 heteroatoms. The van der Waals surface area contributed by atoms with Gasteiger partial charge in [-0.25, -0.2) is 9.78 Å². The number of furan rings is 1. The van der Waals surface area contributed by atoms with Gasteiger partial charge < -0.3 is 9.15 Å². The van der Waals surface area contributed by atoms with Gasteiger partial charge in [0.1, 0.15) is 12.4 Å². The SMILES string of the molecule is O=C(OCc1cc(=O)n2ccsc2n1)c1ccc2c(c1)C(=O)N(Cc1ccco1)C2=O. The molecule has 0 atom stereocenters. The second kappa shape index (κ2) is 7.33. The molecule has 1 aliphatic heterocycles. The number of hydrogen-bond donors (Lipinski definition) is 0. The van der Waals surface area contributed by atoms with Gasteiger partial charge in [-0.3, -0.25) is 23.7 Å². The van der Waals surface area contributed by atoms with Crippen molar-refractivity contribution < 1.29 is 23.5 Å². The van der Waals surface area contributed by atoms with E-state index in [0.29, 0.717) is 16.4 Å². The smallest absolute Gasteiger partial charge is 0.338 e. The van der Waals surface area contributed by atoms with Crippen LogP contribution in [-0.2, 0) is 17.9 Å². The number of ether oxygens (including phenoxy) is 1. The quantitative estimate of drug-likeness (QED) is 0.350. The van der Waals surface area contributed by atoms with Gasteiger partial charge >= 0.3 is 5.97 Å². The number of hydrogen-bond acceptors (Lipinski definition) is 8. The molecule has 0 fully saturated rings. The lowest BCUT2D eigenvalue weighted by atomic mass is 10.1. The van der Waals surface area contributed by atoms with Gasteiger partial charge in [-0.05, 0) is 30.3 Å². The summed E-state index contributed by atoms with van der Waals surface area (Å²) in [6.45, 7) is -0.192. The number of aromatic nitrogens is 2. The van der Waals surface area contributed by atoms with Gasteiger partial charge in [-0.2, -0.15) is 0 Å². The predicted octanol–water partition coefficient (Wildman–Crippen LogP) is 2.50. The fourth-order valence-electron chi connectivity index (χ4n) is 3.30.